The molecular formula is C22H23N3O4. The summed E-state index contributed by atoms with van der Waals surface area (Å²) in [6, 6.07) is 19.3. The number of hydrogen-bond donors (Lipinski definition) is 2. The zero-order valence-corrected chi connectivity index (χ0v) is 16.2. The minimum atomic E-state index is -1.07. The van der Waals surface area contributed by atoms with Gasteiger partial charge in [-0.1, -0.05) is 42.5 Å². The largest absolute Gasteiger partial charge is 0.497 e. The molecule has 1 heterocycles. The van der Waals surface area contributed by atoms with Crippen molar-refractivity contribution in [2.45, 2.75) is 12.8 Å². The highest BCUT2D eigenvalue weighted by molar-refractivity contribution is 5.68. The molecule has 3 rings (SSSR count). The van der Waals surface area contributed by atoms with E-state index in [-0.39, 0.29) is 5.88 Å². The Kier molecular flexibility index (Phi) is 7.00. The van der Waals surface area contributed by atoms with Gasteiger partial charge in [-0.3, -0.25) is 0 Å². The van der Waals surface area contributed by atoms with Crippen molar-refractivity contribution in [2.75, 3.05) is 25.6 Å². The number of anilines is 1. The summed E-state index contributed by atoms with van der Waals surface area (Å²) >= 11 is 0. The van der Waals surface area contributed by atoms with Gasteiger partial charge < -0.3 is 19.9 Å². The van der Waals surface area contributed by atoms with E-state index in [0.717, 1.165) is 18.4 Å². The third-order valence-corrected chi connectivity index (χ3v) is 4.18. The second-order valence-electron chi connectivity index (χ2n) is 6.35. The Morgan fingerprint density at radius 3 is 2.66 bits per heavy atom. The van der Waals surface area contributed by atoms with E-state index in [2.05, 4.69) is 27.4 Å². The van der Waals surface area contributed by atoms with Crippen LogP contribution in [0.1, 0.15) is 12.0 Å². The lowest BCUT2D eigenvalue weighted by Crippen LogP contribution is -2.12. The zero-order chi connectivity index (χ0) is 20.5. The summed E-state index contributed by atoms with van der Waals surface area (Å²) in [4.78, 5) is 19.7. The van der Waals surface area contributed by atoms with Crippen molar-refractivity contribution < 1.29 is 19.4 Å². The van der Waals surface area contributed by atoms with Gasteiger partial charge in [0.05, 0.1) is 12.8 Å². The number of ether oxygens (including phenoxy) is 2. The van der Waals surface area contributed by atoms with Crippen LogP contribution in [0.25, 0.3) is 11.3 Å². The molecule has 3 aromatic rings. The Morgan fingerprint density at radius 1 is 1.07 bits per heavy atom. The molecule has 0 amide bonds. The highest BCUT2D eigenvalue weighted by Crippen LogP contribution is 2.26. The topological polar surface area (TPSA) is 93.6 Å². The van der Waals surface area contributed by atoms with Crippen molar-refractivity contribution in [1.82, 2.24) is 9.97 Å². The molecule has 7 heteroatoms. The first-order valence-corrected chi connectivity index (χ1v) is 9.30. The van der Waals surface area contributed by atoms with Gasteiger partial charge >= 0.3 is 5.97 Å². The van der Waals surface area contributed by atoms with E-state index in [9.17, 15) is 4.79 Å². The number of aromatic nitrogens is 2. The van der Waals surface area contributed by atoms with Crippen molar-refractivity contribution in [1.29, 1.82) is 0 Å². The van der Waals surface area contributed by atoms with E-state index in [1.165, 1.54) is 5.56 Å². The minimum absolute atomic E-state index is 0.200. The van der Waals surface area contributed by atoms with Gasteiger partial charge in [-0.2, -0.15) is 4.98 Å². The summed E-state index contributed by atoms with van der Waals surface area (Å²) in [6.45, 7) is 0.205. The third kappa shape index (κ3) is 6.21. The smallest absolute Gasteiger partial charge is 0.341 e. The lowest BCUT2D eigenvalue weighted by molar-refractivity contribution is -0.139. The predicted octanol–water partition coefficient (Wildman–Crippen LogP) is 3.66. The Labute approximate surface area is 169 Å². The van der Waals surface area contributed by atoms with Gasteiger partial charge in [0.1, 0.15) is 5.75 Å². The average Bonchev–Trinajstić information content (AvgIpc) is 2.76. The Balaban J connectivity index is 1.73. The van der Waals surface area contributed by atoms with Crippen molar-refractivity contribution >= 4 is 11.9 Å². The summed E-state index contributed by atoms with van der Waals surface area (Å²) in [5, 5.41) is 12.1. The molecule has 0 unspecified atom stereocenters. The van der Waals surface area contributed by atoms with E-state index < -0.39 is 12.6 Å². The Hall–Kier alpha value is -3.61. The molecule has 0 aliphatic heterocycles. The average molecular weight is 393 g/mol. The summed E-state index contributed by atoms with van der Waals surface area (Å²) in [5.74, 6) is 0.222. The standard InChI is InChI=1S/C22H23N3O4/c1-28-18-11-5-10-17(13-18)19-14-20(29-15-21(26)27)25-22(24-19)23-12-6-9-16-7-3-2-4-8-16/h2-5,7-8,10-11,13-14H,6,9,12,15H2,1H3,(H,26,27)(H,23,24,25). The lowest BCUT2D eigenvalue weighted by Gasteiger charge is -2.11. The first kappa shape index (κ1) is 20.1. The maximum Gasteiger partial charge on any atom is 0.341 e. The fourth-order valence-corrected chi connectivity index (χ4v) is 2.78. The number of rotatable bonds is 10. The lowest BCUT2D eigenvalue weighted by atomic mass is 10.1. The number of nitrogens with zero attached hydrogens (tertiary/aromatic N) is 2. The van der Waals surface area contributed by atoms with Crippen LogP contribution in [0.4, 0.5) is 5.95 Å². The van der Waals surface area contributed by atoms with Crippen molar-refractivity contribution in [3.8, 4) is 22.9 Å². The monoisotopic (exact) mass is 393 g/mol. The van der Waals surface area contributed by atoms with E-state index >= 15 is 0 Å². The number of aliphatic carboxylic acids is 1. The summed E-state index contributed by atoms with van der Waals surface area (Å²) in [6.07, 6.45) is 1.84. The van der Waals surface area contributed by atoms with Gasteiger partial charge in [-0.15, -0.1) is 0 Å². The Bertz CT molecular complexity index is 948. The van der Waals surface area contributed by atoms with Crippen LogP contribution in [0.2, 0.25) is 0 Å². The first-order chi connectivity index (χ1) is 14.1. The maximum absolute atomic E-state index is 10.8. The number of benzene rings is 2. The number of carbonyl (C=O) groups is 1. The molecule has 1 aromatic heterocycles. The third-order valence-electron chi connectivity index (χ3n) is 4.18. The highest BCUT2D eigenvalue weighted by Gasteiger charge is 2.10. The van der Waals surface area contributed by atoms with Gasteiger partial charge in [0.15, 0.2) is 6.61 Å². The predicted molar refractivity (Wildman–Crippen MR) is 110 cm³/mol. The number of aryl methyl sites for hydroxylation is 1. The van der Waals surface area contributed by atoms with Gasteiger partial charge in [-0.25, -0.2) is 9.78 Å². The van der Waals surface area contributed by atoms with Crippen LogP contribution >= 0.6 is 0 Å². The maximum atomic E-state index is 10.8. The second-order valence-corrected chi connectivity index (χ2v) is 6.35. The molecule has 0 saturated heterocycles. The van der Waals surface area contributed by atoms with E-state index in [1.54, 1.807) is 13.2 Å². The molecule has 0 spiro atoms. The SMILES string of the molecule is COc1cccc(-c2cc(OCC(=O)O)nc(NCCCc3ccccc3)n2)c1. The Morgan fingerprint density at radius 2 is 1.90 bits per heavy atom. The first-order valence-electron chi connectivity index (χ1n) is 9.30. The fourth-order valence-electron chi connectivity index (χ4n) is 2.78. The minimum Gasteiger partial charge on any atom is -0.497 e. The van der Waals surface area contributed by atoms with Gasteiger partial charge in [0.25, 0.3) is 0 Å². The molecule has 0 atom stereocenters. The zero-order valence-electron chi connectivity index (χ0n) is 16.2. The van der Waals surface area contributed by atoms with Crippen LogP contribution in [-0.4, -0.2) is 41.3 Å². The second kappa shape index (κ2) is 10.1. The van der Waals surface area contributed by atoms with Crippen LogP contribution in [0, 0.1) is 0 Å². The molecule has 0 aliphatic carbocycles. The molecule has 0 saturated carbocycles. The van der Waals surface area contributed by atoms with Gasteiger partial charge in [0, 0.05) is 18.2 Å². The van der Waals surface area contributed by atoms with Crippen LogP contribution in [-0.2, 0) is 11.2 Å². The molecule has 7 nitrogen and oxygen atoms in total. The van der Waals surface area contributed by atoms with Gasteiger partial charge in [0.2, 0.25) is 11.8 Å². The van der Waals surface area contributed by atoms with Crippen molar-refractivity contribution in [2.24, 2.45) is 0 Å². The fraction of sp³-hybridized carbons (Fsp3) is 0.227. The molecule has 29 heavy (non-hydrogen) atoms. The van der Waals surface area contributed by atoms with Crippen molar-refractivity contribution in [3.63, 3.8) is 0 Å². The summed E-state index contributed by atoms with van der Waals surface area (Å²) < 4.78 is 10.5. The quantitative estimate of drug-likeness (QED) is 0.508. The molecule has 2 aromatic carbocycles. The molecule has 150 valence electrons. The van der Waals surface area contributed by atoms with Gasteiger partial charge in [-0.05, 0) is 30.5 Å². The molecule has 0 bridgehead atoms. The molecule has 0 aliphatic rings. The molecular weight excluding hydrogens is 370 g/mol. The molecule has 0 radical (unpaired) electrons. The summed E-state index contributed by atoms with van der Waals surface area (Å²) in [7, 11) is 1.60. The molecule has 0 fully saturated rings. The highest BCUT2D eigenvalue weighted by atomic mass is 16.5. The number of methoxy groups -OCH3 is 1. The number of carboxylic acid groups (broad SMARTS) is 1. The van der Waals surface area contributed by atoms with Crippen LogP contribution in [0.15, 0.2) is 60.7 Å². The number of carboxylic acids is 1. The molecule has 2 N–H and O–H groups in total. The normalized spacial score (nSPS) is 10.4. The van der Waals surface area contributed by atoms with Crippen LogP contribution < -0.4 is 14.8 Å². The van der Waals surface area contributed by atoms with Crippen LogP contribution in [0.3, 0.4) is 0 Å². The number of nitrogens with one attached hydrogen (secondary N) is 1. The van der Waals surface area contributed by atoms with E-state index in [0.29, 0.717) is 23.9 Å². The van der Waals surface area contributed by atoms with E-state index in [1.807, 2.05) is 42.5 Å². The van der Waals surface area contributed by atoms with Crippen molar-refractivity contribution in [3.05, 3.63) is 66.2 Å². The van der Waals surface area contributed by atoms with Crippen LogP contribution in [0.5, 0.6) is 11.6 Å². The summed E-state index contributed by atoms with van der Waals surface area (Å²) in [5.41, 5.74) is 2.70. The number of hydrogen-bond acceptors (Lipinski definition) is 6. The van der Waals surface area contributed by atoms with E-state index in [4.69, 9.17) is 14.6 Å².